The topological polar surface area (TPSA) is 57.5 Å². The van der Waals surface area contributed by atoms with E-state index in [-0.39, 0.29) is 12.0 Å². The van der Waals surface area contributed by atoms with Crippen molar-refractivity contribution in [3.05, 3.63) is 35.4 Å². The van der Waals surface area contributed by atoms with Gasteiger partial charge in [0, 0.05) is 5.56 Å². The van der Waals surface area contributed by atoms with Gasteiger partial charge in [0.05, 0.1) is 12.0 Å². The number of benzene rings is 1. The van der Waals surface area contributed by atoms with Crippen molar-refractivity contribution in [1.82, 2.24) is 0 Å². The molecule has 18 heavy (non-hydrogen) atoms. The van der Waals surface area contributed by atoms with Gasteiger partial charge in [0.25, 0.3) is 0 Å². The summed E-state index contributed by atoms with van der Waals surface area (Å²) >= 11 is 0. The van der Waals surface area contributed by atoms with Crippen LogP contribution in [0.2, 0.25) is 0 Å². The molecule has 0 aromatic heterocycles. The minimum absolute atomic E-state index is 0.225. The van der Waals surface area contributed by atoms with Crippen LogP contribution in [-0.4, -0.2) is 16.2 Å². The van der Waals surface area contributed by atoms with Crippen LogP contribution in [0.1, 0.15) is 37.9 Å². The number of unbranched alkanes of at least 4 members (excludes halogenated alkanes) is 1. The van der Waals surface area contributed by atoms with E-state index in [4.69, 9.17) is 5.11 Å². The number of hydrogen-bond donors (Lipinski definition) is 2. The molecule has 100 valence electrons. The van der Waals surface area contributed by atoms with Crippen molar-refractivity contribution in [2.24, 2.45) is 5.92 Å². The lowest BCUT2D eigenvalue weighted by atomic mass is 9.91. The van der Waals surface area contributed by atoms with Crippen LogP contribution in [0.25, 0.3) is 0 Å². The normalized spacial score (nSPS) is 14.2. The summed E-state index contributed by atoms with van der Waals surface area (Å²) in [4.78, 5) is 11.0. The lowest BCUT2D eigenvalue weighted by Gasteiger charge is -2.19. The van der Waals surface area contributed by atoms with Gasteiger partial charge >= 0.3 is 5.97 Å². The van der Waals surface area contributed by atoms with Gasteiger partial charge in [-0.25, -0.2) is 8.78 Å². The highest BCUT2D eigenvalue weighted by molar-refractivity contribution is 5.71. The second kappa shape index (κ2) is 6.44. The maximum absolute atomic E-state index is 13.4. The van der Waals surface area contributed by atoms with Crippen molar-refractivity contribution in [3.8, 4) is 0 Å². The average molecular weight is 258 g/mol. The highest BCUT2D eigenvalue weighted by Crippen LogP contribution is 2.29. The Hall–Kier alpha value is -1.49. The van der Waals surface area contributed by atoms with Crippen molar-refractivity contribution in [1.29, 1.82) is 0 Å². The monoisotopic (exact) mass is 258 g/mol. The van der Waals surface area contributed by atoms with E-state index in [9.17, 15) is 18.7 Å². The molecule has 2 N–H and O–H groups in total. The van der Waals surface area contributed by atoms with E-state index in [1.165, 1.54) is 0 Å². The fourth-order valence-corrected chi connectivity index (χ4v) is 1.80. The molecule has 1 aromatic rings. The van der Waals surface area contributed by atoms with E-state index in [0.29, 0.717) is 6.42 Å². The van der Waals surface area contributed by atoms with Gasteiger partial charge in [-0.1, -0.05) is 19.8 Å². The second-order valence-corrected chi connectivity index (χ2v) is 4.20. The van der Waals surface area contributed by atoms with Gasteiger partial charge in [-0.2, -0.15) is 0 Å². The minimum atomic E-state index is -1.54. The number of aliphatic hydroxyl groups is 1. The molecule has 0 aliphatic rings. The van der Waals surface area contributed by atoms with Crippen LogP contribution >= 0.6 is 0 Å². The molecule has 0 aliphatic carbocycles. The van der Waals surface area contributed by atoms with Crippen LogP contribution in [0.3, 0.4) is 0 Å². The van der Waals surface area contributed by atoms with E-state index < -0.39 is 29.6 Å². The zero-order valence-corrected chi connectivity index (χ0v) is 10.1. The molecule has 0 bridgehead atoms. The molecule has 0 fully saturated rings. The third-order valence-corrected chi connectivity index (χ3v) is 2.84. The molecular weight excluding hydrogens is 242 g/mol. The fourth-order valence-electron chi connectivity index (χ4n) is 1.80. The number of aliphatic carboxylic acids is 1. The number of rotatable bonds is 6. The van der Waals surface area contributed by atoms with Crippen LogP contribution in [0.4, 0.5) is 8.78 Å². The molecule has 5 heteroatoms. The van der Waals surface area contributed by atoms with Crippen LogP contribution in [0.5, 0.6) is 0 Å². The number of halogens is 2. The largest absolute Gasteiger partial charge is 0.481 e. The molecule has 2 unspecified atom stereocenters. The predicted molar refractivity (Wildman–Crippen MR) is 62.0 cm³/mol. The summed E-state index contributed by atoms with van der Waals surface area (Å²) in [6.07, 6.45) is 0.0560. The number of hydrogen-bond acceptors (Lipinski definition) is 2. The molecule has 0 saturated heterocycles. The summed E-state index contributed by atoms with van der Waals surface area (Å²) in [5.74, 6) is -3.84. The van der Waals surface area contributed by atoms with E-state index >= 15 is 0 Å². The third-order valence-electron chi connectivity index (χ3n) is 2.84. The molecule has 3 nitrogen and oxygen atoms in total. The second-order valence-electron chi connectivity index (χ2n) is 4.20. The first-order chi connectivity index (χ1) is 8.47. The van der Waals surface area contributed by atoms with Gasteiger partial charge in [-0.05, 0) is 24.6 Å². The Balaban J connectivity index is 2.97. The van der Waals surface area contributed by atoms with Gasteiger partial charge in [-0.15, -0.1) is 0 Å². The zero-order valence-electron chi connectivity index (χ0n) is 10.1. The lowest BCUT2D eigenvalue weighted by molar-refractivity contribution is -0.146. The smallest absolute Gasteiger partial charge is 0.309 e. The van der Waals surface area contributed by atoms with Crippen LogP contribution < -0.4 is 0 Å². The van der Waals surface area contributed by atoms with E-state index in [2.05, 4.69) is 0 Å². The summed E-state index contributed by atoms with van der Waals surface area (Å²) < 4.78 is 26.4. The molecule has 1 aromatic carbocycles. The standard InChI is InChI=1S/C13H16F2O3/c1-2-3-4-9(13(17)18)12(16)10-7-8(14)5-6-11(10)15/h5-7,9,12,16H,2-4H2,1H3,(H,17,18). The maximum Gasteiger partial charge on any atom is 0.309 e. The number of carbonyl (C=O) groups is 1. The molecule has 0 spiro atoms. The Morgan fingerprint density at radius 3 is 2.61 bits per heavy atom. The average Bonchev–Trinajstić information content (AvgIpc) is 2.32. The summed E-state index contributed by atoms with van der Waals surface area (Å²) in [5.41, 5.74) is -0.307. The van der Waals surface area contributed by atoms with Crippen molar-refractivity contribution < 1.29 is 23.8 Å². The Labute approximate surface area is 104 Å². The quantitative estimate of drug-likeness (QED) is 0.824. The van der Waals surface area contributed by atoms with Gasteiger partial charge in [0.1, 0.15) is 11.6 Å². The number of aliphatic hydroxyl groups excluding tert-OH is 1. The zero-order chi connectivity index (χ0) is 13.7. The van der Waals surface area contributed by atoms with Gasteiger partial charge < -0.3 is 10.2 Å². The molecule has 0 amide bonds. The third kappa shape index (κ3) is 3.50. The van der Waals surface area contributed by atoms with Gasteiger partial charge in [-0.3, -0.25) is 4.79 Å². The SMILES string of the molecule is CCCCC(C(=O)O)C(O)c1cc(F)ccc1F. The Bertz CT molecular complexity index is 421. The molecule has 1 rings (SSSR count). The number of carboxylic acids is 1. The Morgan fingerprint density at radius 2 is 2.06 bits per heavy atom. The fraction of sp³-hybridized carbons (Fsp3) is 0.462. The van der Waals surface area contributed by atoms with Crippen LogP contribution in [-0.2, 0) is 4.79 Å². The molecular formula is C13H16F2O3. The molecule has 0 radical (unpaired) electrons. The van der Waals surface area contributed by atoms with E-state index in [1.54, 1.807) is 0 Å². The predicted octanol–water partition coefficient (Wildman–Crippen LogP) is 2.89. The summed E-state index contributed by atoms with van der Waals surface area (Å²) in [5, 5.41) is 18.9. The maximum atomic E-state index is 13.4. The summed E-state index contributed by atoms with van der Waals surface area (Å²) in [7, 11) is 0. The van der Waals surface area contributed by atoms with E-state index in [0.717, 1.165) is 24.6 Å². The number of carboxylic acid groups (broad SMARTS) is 1. The minimum Gasteiger partial charge on any atom is -0.481 e. The van der Waals surface area contributed by atoms with Gasteiger partial charge in [0.15, 0.2) is 0 Å². The first kappa shape index (κ1) is 14.6. The van der Waals surface area contributed by atoms with Crippen LogP contribution in [0, 0.1) is 17.6 Å². The molecule has 2 atom stereocenters. The molecule has 0 aliphatic heterocycles. The van der Waals surface area contributed by atoms with Crippen molar-refractivity contribution in [2.45, 2.75) is 32.3 Å². The summed E-state index contributed by atoms with van der Waals surface area (Å²) in [6, 6.07) is 2.64. The highest BCUT2D eigenvalue weighted by atomic mass is 19.1. The van der Waals surface area contributed by atoms with Gasteiger partial charge in [0.2, 0.25) is 0 Å². The van der Waals surface area contributed by atoms with Crippen molar-refractivity contribution in [3.63, 3.8) is 0 Å². The van der Waals surface area contributed by atoms with Crippen LogP contribution in [0.15, 0.2) is 18.2 Å². The highest BCUT2D eigenvalue weighted by Gasteiger charge is 2.29. The lowest BCUT2D eigenvalue weighted by Crippen LogP contribution is -2.23. The van der Waals surface area contributed by atoms with Crippen molar-refractivity contribution in [2.75, 3.05) is 0 Å². The Kier molecular flexibility index (Phi) is 5.22. The van der Waals surface area contributed by atoms with Crippen molar-refractivity contribution >= 4 is 5.97 Å². The molecule has 0 saturated carbocycles. The Morgan fingerprint density at radius 1 is 1.39 bits per heavy atom. The first-order valence-electron chi connectivity index (χ1n) is 5.83. The summed E-state index contributed by atoms with van der Waals surface area (Å²) in [6.45, 7) is 1.88. The van der Waals surface area contributed by atoms with E-state index in [1.807, 2.05) is 6.92 Å². The first-order valence-corrected chi connectivity index (χ1v) is 5.83. The molecule has 0 heterocycles.